The van der Waals surface area contributed by atoms with Gasteiger partial charge in [0.25, 0.3) is 0 Å². The first-order chi connectivity index (χ1) is 12.5. The minimum absolute atomic E-state index is 0.0928. The summed E-state index contributed by atoms with van der Waals surface area (Å²) in [5.74, 6) is -0.644. The van der Waals surface area contributed by atoms with E-state index < -0.39 is 11.9 Å². The first-order valence-electron chi connectivity index (χ1n) is 8.24. The molecule has 26 heavy (non-hydrogen) atoms. The molecular formula is C18H17N3O4S. The highest BCUT2D eigenvalue weighted by Gasteiger charge is 2.29. The molecule has 0 radical (unpaired) electrons. The summed E-state index contributed by atoms with van der Waals surface area (Å²) in [7, 11) is 0. The zero-order valence-corrected chi connectivity index (χ0v) is 15.0. The maximum atomic E-state index is 11.2. The average Bonchev–Trinajstić information content (AvgIpc) is 3.12. The summed E-state index contributed by atoms with van der Waals surface area (Å²) in [5.41, 5.74) is 1.06. The first kappa shape index (κ1) is 18.0. The van der Waals surface area contributed by atoms with Gasteiger partial charge in [-0.2, -0.15) is 5.26 Å². The van der Waals surface area contributed by atoms with Gasteiger partial charge in [0.1, 0.15) is 6.07 Å². The Kier molecular flexibility index (Phi) is 5.28. The minimum Gasteiger partial charge on any atom is -0.485 e. The zero-order valence-electron chi connectivity index (χ0n) is 14.1. The molecule has 1 saturated carbocycles. The molecule has 0 amide bonds. The summed E-state index contributed by atoms with van der Waals surface area (Å²) in [6.45, 7) is 1.72. The molecule has 1 N–H and O–H groups in total. The summed E-state index contributed by atoms with van der Waals surface area (Å²) in [6.07, 6.45) is 2.99. The van der Waals surface area contributed by atoms with Crippen LogP contribution >= 0.6 is 11.3 Å². The number of carbonyl (C=O) groups excluding carboxylic acids is 1. The molecular weight excluding hydrogens is 354 g/mol. The van der Waals surface area contributed by atoms with Crippen molar-refractivity contribution in [2.24, 2.45) is 5.92 Å². The summed E-state index contributed by atoms with van der Waals surface area (Å²) in [5, 5.41) is 20.5. The zero-order chi connectivity index (χ0) is 18.7. The van der Waals surface area contributed by atoms with E-state index >= 15 is 0 Å². The third-order valence-corrected chi connectivity index (χ3v) is 5.35. The van der Waals surface area contributed by atoms with Gasteiger partial charge in [0.15, 0.2) is 23.6 Å². The van der Waals surface area contributed by atoms with Gasteiger partial charge in [-0.1, -0.05) is 0 Å². The Labute approximate surface area is 154 Å². The monoisotopic (exact) mass is 371 g/mol. The lowest BCUT2D eigenvalue weighted by Gasteiger charge is -2.27. The topological polar surface area (TPSA) is 113 Å². The quantitative estimate of drug-likeness (QED) is 0.803. The van der Waals surface area contributed by atoms with Gasteiger partial charge in [0, 0.05) is 5.56 Å². The molecule has 2 aromatic rings. The van der Waals surface area contributed by atoms with Crippen molar-refractivity contribution in [3.8, 4) is 22.5 Å². The Morgan fingerprint density at radius 2 is 2.27 bits per heavy atom. The van der Waals surface area contributed by atoms with Crippen LogP contribution in [-0.2, 0) is 4.79 Å². The van der Waals surface area contributed by atoms with Crippen LogP contribution in [0.25, 0.3) is 10.7 Å². The maximum absolute atomic E-state index is 11.2. The molecule has 2 aromatic heterocycles. The SMILES string of the molecule is Cc1nc(-c2sccc2C=O)nc(C#N)c1O[C@H]1CCC[C@H](C(=O)O)C1. The number of aldehydes is 1. The van der Waals surface area contributed by atoms with Crippen LogP contribution in [0.1, 0.15) is 47.4 Å². The molecule has 2 heterocycles. The van der Waals surface area contributed by atoms with Crippen LogP contribution in [0.2, 0.25) is 0 Å². The second kappa shape index (κ2) is 7.62. The van der Waals surface area contributed by atoms with Crippen molar-refractivity contribution < 1.29 is 19.4 Å². The number of aryl methyl sites for hydroxylation is 1. The van der Waals surface area contributed by atoms with Crippen molar-refractivity contribution in [3.05, 3.63) is 28.4 Å². The number of hydrogen-bond acceptors (Lipinski definition) is 7. The lowest BCUT2D eigenvalue weighted by Crippen LogP contribution is -2.30. The van der Waals surface area contributed by atoms with Gasteiger partial charge in [-0.3, -0.25) is 9.59 Å². The first-order valence-corrected chi connectivity index (χ1v) is 9.12. The van der Waals surface area contributed by atoms with E-state index in [-0.39, 0.29) is 17.5 Å². The largest absolute Gasteiger partial charge is 0.485 e. The minimum atomic E-state index is -0.818. The third kappa shape index (κ3) is 3.58. The lowest BCUT2D eigenvalue weighted by atomic mass is 9.87. The number of hydrogen-bond donors (Lipinski definition) is 1. The lowest BCUT2D eigenvalue weighted by molar-refractivity contribution is -0.143. The van der Waals surface area contributed by atoms with E-state index in [1.54, 1.807) is 18.4 Å². The second-order valence-corrected chi connectivity index (χ2v) is 7.10. The van der Waals surface area contributed by atoms with Gasteiger partial charge in [0.2, 0.25) is 0 Å². The molecule has 0 aliphatic heterocycles. The second-order valence-electron chi connectivity index (χ2n) is 6.19. The number of nitrogens with zero attached hydrogens (tertiary/aromatic N) is 3. The van der Waals surface area contributed by atoms with Gasteiger partial charge in [-0.15, -0.1) is 11.3 Å². The molecule has 134 valence electrons. The van der Waals surface area contributed by atoms with E-state index in [0.29, 0.717) is 34.8 Å². The summed E-state index contributed by atoms with van der Waals surface area (Å²) >= 11 is 1.33. The van der Waals surface area contributed by atoms with Crippen LogP contribution in [0, 0.1) is 24.2 Å². The van der Waals surface area contributed by atoms with Crippen LogP contribution in [-0.4, -0.2) is 33.4 Å². The van der Waals surface area contributed by atoms with E-state index in [2.05, 4.69) is 9.97 Å². The number of carbonyl (C=O) groups is 2. The van der Waals surface area contributed by atoms with Crippen molar-refractivity contribution >= 4 is 23.6 Å². The number of aliphatic carboxylic acids is 1. The van der Waals surface area contributed by atoms with E-state index in [0.717, 1.165) is 19.1 Å². The predicted octanol–water partition coefficient (Wildman–Crippen LogP) is 3.22. The number of carboxylic acid groups (broad SMARTS) is 1. The molecule has 1 fully saturated rings. The molecule has 1 aliphatic carbocycles. The molecule has 0 saturated heterocycles. The van der Waals surface area contributed by atoms with Crippen molar-refractivity contribution in [1.82, 2.24) is 9.97 Å². The fourth-order valence-electron chi connectivity index (χ4n) is 3.12. The highest BCUT2D eigenvalue weighted by Crippen LogP contribution is 2.33. The number of aromatic nitrogens is 2. The van der Waals surface area contributed by atoms with Crippen LogP contribution in [0.4, 0.5) is 0 Å². The van der Waals surface area contributed by atoms with Crippen molar-refractivity contribution in [2.75, 3.05) is 0 Å². The fraction of sp³-hybridized carbons (Fsp3) is 0.389. The normalized spacial score (nSPS) is 19.5. The summed E-state index contributed by atoms with van der Waals surface area (Å²) in [6, 6.07) is 3.70. The van der Waals surface area contributed by atoms with E-state index in [4.69, 9.17) is 4.74 Å². The molecule has 0 unspecified atom stereocenters. The summed E-state index contributed by atoms with van der Waals surface area (Å²) < 4.78 is 5.94. The van der Waals surface area contributed by atoms with Crippen molar-refractivity contribution in [3.63, 3.8) is 0 Å². The Morgan fingerprint density at radius 1 is 1.46 bits per heavy atom. The number of rotatable bonds is 5. The van der Waals surface area contributed by atoms with Crippen LogP contribution < -0.4 is 4.74 Å². The number of ether oxygens (including phenoxy) is 1. The highest BCUT2D eigenvalue weighted by atomic mass is 32.1. The third-order valence-electron chi connectivity index (χ3n) is 4.43. The Morgan fingerprint density at radius 3 is 2.96 bits per heavy atom. The number of carboxylic acids is 1. The fourth-order valence-corrected chi connectivity index (χ4v) is 3.92. The Balaban J connectivity index is 1.90. The Hall–Kier alpha value is -2.79. The molecule has 7 nitrogen and oxygen atoms in total. The molecule has 0 aromatic carbocycles. The van der Waals surface area contributed by atoms with Crippen LogP contribution in [0.5, 0.6) is 5.75 Å². The smallest absolute Gasteiger partial charge is 0.306 e. The maximum Gasteiger partial charge on any atom is 0.306 e. The van der Waals surface area contributed by atoms with E-state index in [9.17, 15) is 20.0 Å². The van der Waals surface area contributed by atoms with E-state index in [1.165, 1.54) is 11.3 Å². The molecule has 0 bridgehead atoms. The summed E-state index contributed by atoms with van der Waals surface area (Å²) in [4.78, 5) is 31.6. The highest BCUT2D eigenvalue weighted by molar-refractivity contribution is 7.13. The Bertz CT molecular complexity index is 887. The van der Waals surface area contributed by atoms with Gasteiger partial charge in [0.05, 0.1) is 22.6 Å². The standard InChI is InChI=1S/C18H17N3O4S/c1-10-15(25-13-4-2-3-11(7-13)18(23)24)14(8-19)21-17(20-10)16-12(9-22)5-6-26-16/h5-6,9,11,13H,2-4,7H2,1H3,(H,23,24)/t11-,13-/m0/s1. The van der Waals surface area contributed by atoms with Crippen LogP contribution in [0.3, 0.4) is 0 Å². The number of nitriles is 1. The van der Waals surface area contributed by atoms with Crippen molar-refractivity contribution in [1.29, 1.82) is 5.26 Å². The van der Waals surface area contributed by atoms with Crippen LogP contribution in [0.15, 0.2) is 11.4 Å². The van der Waals surface area contributed by atoms with Crippen molar-refractivity contribution in [2.45, 2.75) is 38.7 Å². The van der Waals surface area contributed by atoms with Gasteiger partial charge >= 0.3 is 5.97 Å². The molecule has 2 atom stereocenters. The molecule has 8 heteroatoms. The average molecular weight is 371 g/mol. The number of thiophene rings is 1. The molecule has 0 spiro atoms. The molecule has 3 rings (SSSR count). The van der Waals surface area contributed by atoms with Gasteiger partial charge < -0.3 is 9.84 Å². The molecule has 1 aliphatic rings. The van der Waals surface area contributed by atoms with E-state index in [1.807, 2.05) is 6.07 Å². The van der Waals surface area contributed by atoms with Gasteiger partial charge in [-0.05, 0) is 44.1 Å². The van der Waals surface area contributed by atoms with Gasteiger partial charge in [-0.25, -0.2) is 9.97 Å². The predicted molar refractivity (Wildman–Crippen MR) is 94.2 cm³/mol.